The zero-order valence-electron chi connectivity index (χ0n) is 9.06. The third-order valence-corrected chi connectivity index (χ3v) is 4.57. The van der Waals surface area contributed by atoms with Crippen LogP contribution in [0, 0.1) is 0 Å². The van der Waals surface area contributed by atoms with Gasteiger partial charge in [-0.15, -0.1) is 0 Å². The summed E-state index contributed by atoms with van der Waals surface area (Å²) in [6.07, 6.45) is 0. The lowest BCUT2D eigenvalue weighted by Gasteiger charge is -2.15. The van der Waals surface area contributed by atoms with Crippen molar-refractivity contribution in [3.63, 3.8) is 0 Å². The van der Waals surface area contributed by atoms with Crippen molar-refractivity contribution in [2.75, 3.05) is 0 Å². The molecule has 2 aromatic rings. The van der Waals surface area contributed by atoms with E-state index >= 15 is 0 Å². The lowest BCUT2D eigenvalue weighted by atomic mass is 10.0. The van der Waals surface area contributed by atoms with Gasteiger partial charge in [0.05, 0.1) is 0 Å². The molecular formula is C14H16Si. The normalized spacial score (nSPS) is 11.3. The monoisotopic (exact) mass is 212 g/mol. The molecular weight excluding hydrogens is 196 g/mol. The standard InChI is InChI=1S/C14H16Si/c1-15-14(12-8-4-2-5-9-12)13-10-6-3-7-11-13/h2-11,14H,15H2,1H3. The molecule has 0 unspecified atom stereocenters. The highest BCUT2D eigenvalue weighted by atomic mass is 28.2. The third kappa shape index (κ3) is 2.36. The fourth-order valence-electron chi connectivity index (χ4n) is 2.03. The molecule has 2 aromatic carbocycles. The van der Waals surface area contributed by atoms with Crippen LogP contribution in [-0.2, 0) is 0 Å². The van der Waals surface area contributed by atoms with Crippen molar-refractivity contribution >= 4 is 9.52 Å². The molecule has 0 atom stereocenters. The smallest absolute Gasteiger partial charge is 0.0312 e. The Morgan fingerprint density at radius 2 is 1.13 bits per heavy atom. The first-order valence-corrected chi connectivity index (χ1v) is 7.74. The van der Waals surface area contributed by atoms with Gasteiger partial charge in [-0.1, -0.05) is 67.2 Å². The van der Waals surface area contributed by atoms with E-state index in [1.54, 1.807) is 0 Å². The Balaban J connectivity index is 2.34. The summed E-state index contributed by atoms with van der Waals surface area (Å²) < 4.78 is 0. The Labute approximate surface area is 93.8 Å². The van der Waals surface area contributed by atoms with Crippen LogP contribution >= 0.6 is 0 Å². The Morgan fingerprint density at radius 3 is 1.47 bits per heavy atom. The van der Waals surface area contributed by atoms with Gasteiger partial charge in [0.25, 0.3) is 0 Å². The van der Waals surface area contributed by atoms with Crippen LogP contribution in [0.25, 0.3) is 0 Å². The Hall–Kier alpha value is -1.34. The zero-order chi connectivity index (χ0) is 10.5. The molecule has 0 radical (unpaired) electrons. The van der Waals surface area contributed by atoms with E-state index in [0.717, 1.165) is 0 Å². The lowest BCUT2D eigenvalue weighted by molar-refractivity contribution is 1.12. The molecule has 1 heteroatoms. The van der Waals surface area contributed by atoms with E-state index < -0.39 is 0 Å². The summed E-state index contributed by atoms with van der Waals surface area (Å²) in [5, 5.41) is 0. The summed E-state index contributed by atoms with van der Waals surface area (Å²) >= 11 is 0. The van der Waals surface area contributed by atoms with Gasteiger partial charge < -0.3 is 0 Å². The van der Waals surface area contributed by atoms with Crippen LogP contribution in [0.2, 0.25) is 6.55 Å². The average Bonchev–Trinajstić information content (AvgIpc) is 2.33. The summed E-state index contributed by atoms with van der Waals surface area (Å²) in [5.74, 6) is 0. The Morgan fingerprint density at radius 1 is 0.733 bits per heavy atom. The molecule has 0 aliphatic heterocycles. The number of rotatable bonds is 3. The molecule has 0 saturated heterocycles. The van der Waals surface area contributed by atoms with Gasteiger partial charge in [0.2, 0.25) is 0 Å². The van der Waals surface area contributed by atoms with Crippen LogP contribution in [0.4, 0.5) is 0 Å². The van der Waals surface area contributed by atoms with E-state index in [0.29, 0.717) is 5.54 Å². The van der Waals surface area contributed by atoms with Crippen molar-refractivity contribution in [2.45, 2.75) is 12.1 Å². The quantitative estimate of drug-likeness (QED) is 0.686. The molecule has 0 N–H and O–H groups in total. The maximum Gasteiger partial charge on any atom is 0.0312 e. The molecule has 0 nitrogen and oxygen atoms in total. The van der Waals surface area contributed by atoms with E-state index in [9.17, 15) is 0 Å². The van der Waals surface area contributed by atoms with E-state index in [1.807, 2.05) is 0 Å². The van der Waals surface area contributed by atoms with Gasteiger partial charge in [0, 0.05) is 9.52 Å². The highest BCUT2D eigenvalue weighted by molar-refractivity contribution is 6.37. The van der Waals surface area contributed by atoms with Crippen molar-refractivity contribution in [1.29, 1.82) is 0 Å². The number of hydrogen-bond acceptors (Lipinski definition) is 0. The van der Waals surface area contributed by atoms with Crippen LogP contribution < -0.4 is 0 Å². The third-order valence-electron chi connectivity index (χ3n) is 2.81. The molecule has 0 bridgehead atoms. The molecule has 76 valence electrons. The van der Waals surface area contributed by atoms with Crippen molar-refractivity contribution < 1.29 is 0 Å². The summed E-state index contributed by atoms with van der Waals surface area (Å²) in [5.41, 5.74) is 3.61. The van der Waals surface area contributed by atoms with Crippen molar-refractivity contribution in [3.8, 4) is 0 Å². The lowest BCUT2D eigenvalue weighted by Crippen LogP contribution is -2.06. The van der Waals surface area contributed by atoms with E-state index in [1.165, 1.54) is 11.1 Å². The average molecular weight is 212 g/mol. The molecule has 0 saturated carbocycles. The SMILES string of the molecule is C[SiH2]C(c1ccccc1)c1ccccc1. The van der Waals surface area contributed by atoms with Gasteiger partial charge in [0.1, 0.15) is 0 Å². The van der Waals surface area contributed by atoms with Crippen LogP contribution in [0.3, 0.4) is 0 Å². The first-order valence-electron chi connectivity index (χ1n) is 5.51. The molecule has 0 aliphatic carbocycles. The maximum absolute atomic E-state index is 2.38. The van der Waals surface area contributed by atoms with Crippen molar-refractivity contribution in [1.82, 2.24) is 0 Å². The van der Waals surface area contributed by atoms with Crippen LogP contribution in [0.5, 0.6) is 0 Å². The van der Waals surface area contributed by atoms with Gasteiger partial charge in [-0.3, -0.25) is 0 Å². The van der Waals surface area contributed by atoms with E-state index in [-0.39, 0.29) is 9.52 Å². The van der Waals surface area contributed by atoms with Crippen LogP contribution in [0.1, 0.15) is 16.7 Å². The zero-order valence-corrected chi connectivity index (χ0v) is 10.5. The highest BCUT2D eigenvalue weighted by Crippen LogP contribution is 2.22. The molecule has 0 fully saturated rings. The Kier molecular flexibility index (Phi) is 3.35. The fraction of sp³-hybridized carbons (Fsp3) is 0.143. The number of hydrogen-bond donors (Lipinski definition) is 0. The molecule has 0 aliphatic rings. The highest BCUT2D eigenvalue weighted by Gasteiger charge is 2.10. The molecule has 0 heterocycles. The summed E-state index contributed by atoms with van der Waals surface area (Å²) in [6, 6.07) is 21.7. The molecule has 15 heavy (non-hydrogen) atoms. The first kappa shape index (κ1) is 10.2. The molecule has 2 rings (SSSR count). The van der Waals surface area contributed by atoms with Gasteiger partial charge in [-0.25, -0.2) is 0 Å². The number of benzene rings is 2. The van der Waals surface area contributed by atoms with Gasteiger partial charge in [-0.05, 0) is 16.7 Å². The minimum Gasteiger partial charge on any atom is -0.0740 e. The largest absolute Gasteiger partial charge is 0.0740 e. The second kappa shape index (κ2) is 4.94. The van der Waals surface area contributed by atoms with Gasteiger partial charge >= 0.3 is 0 Å². The predicted octanol–water partition coefficient (Wildman–Crippen LogP) is 2.99. The van der Waals surface area contributed by atoms with Crippen LogP contribution in [0.15, 0.2) is 60.7 Å². The minimum atomic E-state index is -0.0686. The molecule has 0 aromatic heterocycles. The second-order valence-corrected chi connectivity index (χ2v) is 5.42. The summed E-state index contributed by atoms with van der Waals surface area (Å²) in [6.45, 7) is 2.38. The molecule has 0 spiro atoms. The topological polar surface area (TPSA) is 0 Å². The summed E-state index contributed by atoms with van der Waals surface area (Å²) in [7, 11) is -0.0686. The maximum atomic E-state index is 2.38. The summed E-state index contributed by atoms with van der Waals surface area (Å²) in [4.78, 5) is 0. The predicted molar refractivity (Wildman–Crippen MR) is 69.1 cm³/mol. The Bertz CT molecular complexity index is 355. The molecule has 0 amide bonds. The van der Waals surface area contributed by atoms with Gasteiger partial charge in [-0.2, -0.15) is 0 Å². The van der Waals surface area contributed by atoms with Crippen LogP contribution in [-0.4, -0.2) is 9.52 Å². The second-order valence-electron chi connectivity index (χ2n) is 3.78. The first-order chi connectivity index (χ1) is 7.42. The van der Waals surface area contributed by atoms with E-state index in [2.05, 4.69) is 67.2 Å². The minimum absolute atomic E-state index is 0.0686. The van der Waals surface area contributed by atoms with Crippen molar-refractivity contribution in [3.05, 3.63) is 71.8 Å². The fourth-order valence-corrected chi connectivity index (χ4v) is 3.52. The van der Waals surface area contributed by atoms with Gasteiger partial charge in [0.15, 0.2) is 0 Å². The van der Waals surface area contributed by atoms with E-state index in [4.69, 9.17) is 0 Å². The van der Waals surface area contributed by atoms with Crippen molar-refractivity contribution in [2.24, 2.45) is 0 Å².